The molecule has 0 atom stereocenters. The van der Waals surface area contributed by atoms with Crippen LogP contribution < -0.4 is 10.1 Å². The number of imidazole rings is 1. The molecule has 2 aromatic heterocycles. The van der Waals surface area contributed by atoms with Crippen molar-refractivity contribution < 1.29 is 18.5 Å². The van der Waals surface area contributed by atoms with Crippen molar-refractivity contribution in [2.45, 2.75) is 44.7 Å². The van der Waals surface area contributed by atoms with Gasteiger partial charge in [-0.3, -0.25) is 0 Å². The topological polar surface area (TPSA) is 108 Å². The van der Waals surface area contributed by atoms with Crippen LogP contribution >= 0.6 is 0 Å². The molecule has 30 heavy (non-hydrogen) atoms. The van der Waals surface area contributed by atoms with E-state index in [9.17, 15) is 9.00 Å². The SMILES string of the molecule is CCOc1nc(C)c2ncn(CCCCOC(=O)NCc3ccc([S+]=O)cc3)c2n1. The summed E-state index contributed by atoms with van der Waals surface area (Å²) in [6.07, 6.45) is 2.80. The molecule has 3 rings (SSSR count). The van der Waals surface area contributed by atoms with Crippen LogP contribution in [0.25, 0.3) is 11.2 Å². The average Bonchev–Trinajstić information content (AvgIpc) is 3.16. The Morgan fingerprint density at radius 1 is 1.20 bits per heavy atom. The molecule has 0 aliphatic heterocycles. The number of alkyl carbamates (subject to hydrolysis) is 1. The van der Waals surface area contributed by atoms with Crippen molar-refractivity contribution in [3.05, 3.63) is 41.9 Å². The van der Waals surface area contributed by atoms with Crippen molar-refractivity contribution in [3.8, 4) is 6.01 Å². The Balaban J connectivity index is 1.40. The third-order valence-corrected chi connectivity index (χ3v) is 4.84. The van der Waals surface area contributed by atoms with E-state index in [1.807, 2.05) is 18.4 Å². The van der Waals surface area contributed by atoms with E-state index in [0.717, 1.165) is 28.8 Å². The fourth-order valence-electron chi connectivity index (χ4n) is 2.85. The van der Waals surface area contributed by atoms with Crippen molar-refractivity contribution in [2.24, 2.45) is 0 Å². The molecule has 1 aromatic carbocycles. The summed E-state index contributed by atoms with van der Waals surface area (Å²) in [5.74, 6) is 0. The first-order chi connectivity index (χ1) is 14.6. The predicted octanol–water partition coefficient (Wildman–Crippen LogP) is 3.03. The second kappa shape index (κ2) is 10.6. The third-order valence-electron chi connectivity index (χ3n) is 4.37. The van der Waals surface area contributed by atoms with E-state index in [0.29, 0.717) is 55.3 Å². The van der Waals surface area contributed by atoms with Gasteiger partial charge in [0.05, 0.1) is 25.2 Å². The molecule has 0 saturated heterocycles. The highest BCUT2D eigenvalue weighted by Crippen LogP contribution is 2.17. The molecule has 1 N–H and O–H groups in total. The highest BCUT2D eigenvalue weighted by Gasteiger charge is 2.11. The number of benzene rings is 1. The first-order valence-corrected chi connectivity index (χ1v) is 10.5. The molecule has 0 radical (unpaired) electrons. The third kappa shape index (κ3) is 5.69. The molecule has 3 aromatic rings. The quantitative estimate of drug-likeness (QED) is 0.389. The molecular weight excluding hydrogens is 406 g/mol. The summed E-state index contributed by atoms with van der Waals surface area (Å²) in [5, 5.41) is 2.70. The maximum atomic E-state index is 11.8. The largest absolute Gasteiger partial charge is 0.505 e. The minimum atomic E-state index is -0.463. The van der Waals surface area contributed by atoms with Crippen LogP contribution in [0.3, 0.4) is 0 Å². The number of amides is 1. The molecule has 0 saturated carbocycles. The minimum absolute atomic E-state index is 0.322. The van der Waals surface area contributed by atoms with Crippen molar-refractivity contribution in [1.82, 2.24) is 24.8 Å². The Bertz CT molecular complexity index is 1010. The molecule has 0 unspecified atom stereocenters. The van der Waals surface area contributed by atoms with Gasteiger partial charge in [-0.1, -0.05) is 12.1 Å². The highest BCUT2D eigenvalue weighted by molar-refractivity contribution is 7.65. The zero-order valence-corrected chi connectivity index (χ0v) is 17.8. The van der Waals surface area contributed by atoms with Crippen LogP contribution in [0.5, 0.6) is 6.01 Å². The van der Waals surface area contributed by atoms with Gasteiger partial charge >= 0.3 is 23.8 Å². The Morgan fingerprint density at radius 2 is 2.00 bits per heavy atom. The fourth-order valence-corrected chi connectivity index (χ4v) is 3.10. The number of nitrogens with zero attached hydrogens (tertiary/aromatic N) is 4. The number of fused-ring (bicyclic) bond motifs is 1. The average molecular weight is 431 g/mol. The van der Waals surface area contributed by atoms with Crippen molar-refractivity contribution >= 4 is 28.9 Å². The maximum Gasteiger partial charge on any atom is 0.505 e. The summed E-state index contributed by atoms with van der Waals surface area (Å²) in [6, 6.07) is 7.41. The molecule has 0 aliphatic carbocycles. The van der Waals surface area contributed by atoms with Gasteiger partial charge in [-0.15, -0.1) is 0 Å². The lowest BCUT2D eigenvalue weighted by molar-refractivity contribution is 0.143. The summed E-state index contributed by atoms with van der Waals surface area (Å²) in [6.45, 7) is 5.65. The molecule has 0 bridgehead atoms. The summed E-state index contributed by atoms with van der Waals surface area (Å²) >= 11 is 0.439. The summed E-state index contributed by atoms with van der Waals surface area (Å²) < 4.78 is 23.3. The summed E-state index contributed by atoms with van der Waals surface area (Å²) in [4.78, 5) is 25.6. The number of rotatable bonds is 10. The Kier molecular flexibility index (Phi) is 7.61. The number of aryl methyl sites for hydroxylation is 2. The first-order valence-electron chi connectivity index (χ1n) is 9.72. The maximum absolute atomic E-state index is 11.8. The van der Waals surface area contributed by atoms with Gasteiger partial charge in [0.1, 0.15) is 5.52 Å². The van der Waals surface area contributed by atoms with Crippen LogP contribution in [0.15, 0.2) is 35.5 Å². The van der Waals surface area contributed by atoms with Crippen LogP contribution in [0.4, 0.5) is 4.79 Å². The van der Waals surface area contributed by atoms with E-state index in [2.05, 4.69) is 20.3 Å². The monoisotopic (exact) mass is 430 g/mol. The van der Waals surface area contributed by atoms with Crippen LogP contribution in [-0.4, -0.2) is 38.8 Å². The zero-order valence-electron chi connectivity index (χ0n) is 17.0. The van der Waals surface area contributed by atoms with Gasteiger partial charge in [0, 0.05) is 29.4 Å². The lowest BCUT2D eigenvalue weighted by Gasteiger charge is -2.08. The number of hydrogen-bond donors (Lipinski definition) is 1. The van der Waals surface area contributed by atoms with Crippen LogP contribution in [-0.2, 0) is 33.7 Å². The Hall–Kier alpha value is -3.14. The normalized spacial score (nSPS) is 10.7. The van der Waals surface area contributed by atoms with Crippen LogP contribution in [0.2, 0.25) is 0 Å². The van der Waals surface area contributed by atoms with Gasteiger partial charge in [-0.05, 0) is 32.3 Å². The second-order valence-corrected chi connectivity index (χ2v) is 7.20. The molecule has 9 nitrogen and oxygen atoms in total. The van der Waals surface area contributed by atoms with Gasteiger partial charge < -0.3 is 19.4 Å². The van der Waals surface area contributed by atoms with Crippen molar-refractivity contribution in [2.75, 3.05) is 13.2 Å². The molecule has 0 aliphatic rings. The predicted molar refractivity (Wildman–Crippen MR) is 111 cm³/mol. The molecule has 10 heteroatoms. The van der Waals surface area contributed by atoms with Gasteiger partial charge in [0.25, 0.3) is 4.90 Å². The Labute approximate surface area is 178 Å². The smallest absolute Gasteiger partial charge is 0.464 e. The molecule has 158 valence electrons. The summed E-state index contributed by atoms with van der Waals surface area (Å²) in [7, 11) is 0. The number of nitrogens with one attached hydrogen (secondary N) is 1. The van der Waals surface area contributed by atoms with Gasteiger partial charge in [0.2, 0.25) is 0 Å². The van der Waals surface area contributed by atoms with E-state index < -0.39 is 6.09 Å². The number of carbonyl (C=O) groups excluding carboxylic acids is 1. The van der Waals surface area contributed by atoms with E-state index in [1.165, 1.54) is 0 Å². The van der Waals surface area contributed by atoms with E-state index in [-0.39, 0.29) is 0 Å². The van der Waals surface area contributed by atoms with Crippen LogP contribution in [0, 0.1) is 6.92 Å². The standard InChI is InChI=1S/C20H23N5O4S/c1-3-28-19-23-14(2)17-18(24-19)25(13-22-17)10-4-5-11-29-20(26)21-12-15-6-8-16(30-27)9-7-15/h6-9,13H,3-5,10-12H2,1-2H3/p+1. The lowest BCUT2D eigenvalue weighted by Crippen LogP contribution is -2.24. The number of unbranched alkanes of at least 4 members (excludes halogenated alkanes) is 1. The van der Waals surface area contributed by atoms with Crippen molar-refractivity contribution in [1.29, 1.82) is 0 Å². The number of hydrogen-bond acceptors (Lipinski definition) is 7. The van der Waals surface area contributed by atoms with Crippen molar-refractivity contribution in [3.63, 3.8) is 0 Å². The van der Waals surface area contributed by atoms with Gasteiger partial charge in [-0.25, -0.2) is 9.78 Å². The van der Waals surface area contributed by atoms with E-state index >= 15 is 0 Å². The molecule has 0 fully saturated rings. The molecular formula is C20H24N5O4S+. The molecule has 0 spiro atoms. The molecule has 1 amide bonds. The summed E-state index contributed by atoms with van der Waals surface area (Å²) in [5.41, 5.74) is 3.19. The first kappa shape index (κ1) is 21.6. The zero-order chi connectivity index (χ0) is 21.3. The Morgan fingerprint density at radius 3 is 2.73 bits per heavy atom. The lowest BCUT2D eigenvalue weighted by atomic mass is 10.2. The number of aromatic nitrogens is 4. The second-order valence-electron chi connectivity index (χ2n) is 6.56. The molecule has 2 heterocycles. The van der Waals surface area contributed by atoms with Gasteiger partial charge in [0.15, 0.2) is 5.65 Å². The minimum Gasteiger partial charge on any atom is -0.464 e. The number of ether oxygens (including phenoxy) is 2. The fraction of sp³-hybridized carbons (Fsp3) is 0.400. The van der Waals surface area contributed by atoms with E-state index in [4.69, 9.17) is 9.47 Å². The van der Waals surface area contributed by atoms with Gasteiger partial charge in [-0.2, -0.15) is 9.97 Å². The number of carbonyl (C=O) groups is 1. The van der Waals surface area contributed by atoms with E-state index in [1.54, 1.807) is 30.6 Å². The van der Waals surface area contributed by atoms with Crippen LogP contribution in [0.1, 0.15) is 31.0 Å². The highest BCUT2D eigenvalue weighted by atomic mass is 32.1.